The molecule has 0 aliphatic carbocycles. The summed E-state index contributed by atoms with van der Waals surface area (Å²) in [6, 6.07) is -0.986. The Kier molecular flexibility index (Phi) is 4.10. The number of nitrogens with two attached hydrogens (primary N) is 1. The Hall–Kier alpha value is -0.520. The molecule has 4 N–H and O–H groups in total. The topological polar surface area (TPSA) is 83.5 Å². The summed E-state index contributed by atoms with van der Waals surface area (Å²) in [6.07, 6.45) is 0.0567. The predicted molar refractivity (Wildman–Crippen MR) is 39.9 cm³/mol. The minimum Gasteiger partial charge on any atom is -0.480 e. The summed E-state index contributed by atoms with van der Waals surface area (Å²) < 4.78 is 0. The molecule has 0 radical (unpaired) electrons. The lowest BCUT2D eigenvalue weighted by Crippen LogP contribution is -2.32. The molecule has 0 aliphatic rings. The van der Waals surface area contributed by atoms with Crippen LogP contribution in [0.2, 0.25) is 0 Å². The summed E-state index contributed by atoms with van der Waals surface area (Å²) in [7, 11) is 0. The molecule has 0 bridgehead atoms. The molecule has 4 nitrogen and oxygen atoms in total. The van der Waals surface area contributed by atoms with E-state index in [2.05, 4.69) is 12.2 Å². The summed E-state index contributed by atoms with van der Waals surface area (Å²) in [5.41, 5.74) is 5.09. The zero-order chi connectivity index (χ0) is 8.15. The first-order valence-electron chi connectivity index (χ1n) is 2.69. The van der Waals surface area contributed by atoms with Crippen molar-refractivity contribution in [3.63, 3.8) is 0 Å². The van der Waals surface area contributed by atoms with E-state index in [-0.39, 0.29) is 17.9 Å². The molecule has 0 aromatic rings. The monoisotopic (exact) mass is 163 g/mol. The number of hydrogen-bond acceptors (Lipinski definition) is 4. The standard InChI is InChI=1S/C5H9NO3S/c6-4(5(8)9)1-3(10)2-7/h4,7H,1-2,6H2,(H,8,9). The van der Waals surface area contributed by atoms with Crippen molar-refractivity contribution >= 4 is 23.1 Å². The van der Waals surface area contributed by atoms with Gasteiger partial charge in [0.05, 0.1) is 6.61 Å². The summed E-state index contributed by atoms with van der Waals surface area (Å²) in [4.78, 5) is 10.4. The second-order valence-electron chi connectivity index (χ2n) is 1.85. The van der Waals surface area contributed by atoms with Gasteiger partial charge in [-0.05, 0) is 0 Å². The summed E-state index contributed by atoms with van der Waals surface area (Å²) >= 11 is 4.56. The molecule has 0 saturated heterocycles. The molecule has 0 spiro atoms. The minimum atomic E-state index is -1.10. The average molecular weight is 163 g/mol. The maximum Gasteiger partial charge on any atom is 0.320 e. The van der Waals surface area contributed by atoms with Crippen LogP contribution in [0.25, 0.3) is 0 Å². The molecule has 0 fully saturated rings. The normalized spacial score (nSPS) is 12.6. The Morgan fingerprint density at radius 1 is 1.70 bits per heavy atom. The molecule has 0 amide bonds. The van der Waals surface area contributed by atoms with E-state index in [0.717, 1.165) is 0 Å². The molecule has 0 saturated carbocycles. The molecular formula is C5H9NO3S. The van der Waals surface area contributed by atoms with Gasteiger partial charge in [0.15, 0.2) is 0 Å². The largest absolute Gasteiger partial charge is 0.480 e. The fourth-order valence-corrected chi connectivity index (χ4v) is 0.577. The lowest BCUT2D eigenvalue weighted by molar-refractivity contribution is -0.138. The van der Waals surface area contributed by atoms with Crippen LogP contribution in [-0.2, 0) is 4.79 Å². The van der Waals surface area contributed by atoms with Gasteiger partial charge in [0.25, 0.3) is 0 Å². The summed E-state index contributed by atoms with van der Waals surface area (Å²) in [5, 5.41) is 16.6. The van der Waals surface area contributed by atoms with E-state index >= 15 is 0 Å². The van der Waals surface area contributed by atoms with Crippen LogP contribution >= 0.6 is 12.2 Å². The van der Waals surface area contributed by atoms with Crippen molar-refractivity contribution in [2.75, 3.05) is 6.61 Å². The van der Waals surface area contributed by atoms with E-state index in [4.69, 9.17) is 15.9 Å². The molecule has 0 aromatic heterocycles. The number of carboxylic acids is 1. The van der Waals surface area contributed by atoms with Gasteiger partial charge >= 0.3 is 5.97 Å². The first-order valence-corrected chi connectivity index (χ1v) is 3.09. The molecule has 0 aliphatic heterocycles. The first-order chi connectivity index (χ1) is 4.57. The molecule has 0 aromatic carbocycles. The number of carboxylic acid groups (broad SMARTS) is 1. The number of thiocarbonyl (C=S) groups is 1. The quantitative estimate of drug-likeness (QED) is 0.470. The number of hydrogen-bond donors (Lipinski definition) is 3. The third-order valence-corrected chi connectivity index (χ3v) is 1.24. The molecule has 0 rings (SSSR count). The highest BCUT2D eigenvalue weighted by atomic mass is 32.1. The molecule has 10 heavy (non-hydrogen) atoms. The van der Waals surface area contributed by atoms with Crippen molar-refractivity contribution in [2.45, 2.75) is 12.5 Å². The van der Waals surface area contributed by atoms with E-state index in [9.17, 15) is 4.79 Å². The Bertz CT molecular complexity index is 148. The smallest absolute Gasteiger partial charge is 0.320 e. The molecule has 5 heteroatoms. The Labute approximate surface area is 63.6 Å². The van der Waals surface area contributed by atoms with E-state index in [1.165, 1.54) is 0 Å². The molecule has 0 heterocycles. The number of aliphatic hydroxyl groups is 1. The van der Waals surface area contributed by atoms with Gasteiger partial charge < -0.3 is 15.9 Å². The summed E-state index contributed by atoms with van der Waals surface area (Å²) in [6.45, 7) is -0.281. The number of aliphatic hydroxyl groups excluding tert-OH is 1. The average Bonchev–Trinajstić information content (AvgIpc) is 1.87. The molecular weight excluding hydrogens is 154 g/mol. The minimum absolute atomic E-state index is 0.0567. The zero-order valence-corrected chi connectivity index (χ0v) is 6.10. The Morgan fingerprint density at radius 3 is 2.50 bits per heavy atom. The maximum atomic E-state index is 10.1. The van der Waals surface area contributed by atoms with Gasteiger partial charge in [-0.3, -0.25) is 4.79 Å². The highest BCUT2D eigenvalue weighted by Gasteiger charge is 2.12. The van der Waals surface area contributed by atoms with Crippen molar-refractivity contribution in [2.24, 2.45) is 5.73 Å². The summed E-state index contributed by atoms with van der Waals surface area (Å²) in [5.74, 6) is -1.10. The molecule has 1 unspecified atom stereocenters. The molecule has 1 atom stereocenters. The third kappa shape index (κ3) is 3.49. The van der Waals surface area contributed by atoms with Crippen molar-refractivity contribution in [3.8, 4) is 0 Å². The van der Waals surface area contributed by atoms with Crippen molar-refractivity contribution in [3.05, 3.63) is 0 Å². The van der Waals surface area contributed by atoms with Gasteiger partial charge in [-0.1, -0.05) is 12.2 Å². The van der Waals surface area contributed by atoms with Crippen LogP contribution in [-0.4, -0.2) is 33.7 Å². The van der Waals surface area contributed by atoms with Crippen LogP contribution in [0.3, 0.4) is 0 Å². The second kappa shape index (κ2) is 4.32. The lowest BCUT2D eigenvalue weighted by Gasteiger charge is -2.03. The second-order valence-corrected chi connectivity index (χ2v) is 2.42. The van der Waals surface area contributed by atoms with Crippen LogP contribution in [0.15, 0.2) is 0 Å². The van der Waals surface area contributed by atoms with Crippen molar-refractivity contribution in [1.82, 2.24) is 0 Å². The maximum absolute atomic E-state index is 10.1. The number of rotatable bonds is 4. The zero-order valence-electron chi connectivity index (χ0n) is 5.28. The first kappa shape index (κ1) is 9.48. The van der Waals surface area contributed by atoms with Crippen LogP contribution in [0.5, 0.6) is 0 Å². The molecule has 58 valence electrons. The van der Waals surface area contributed by atoms with Gasteiger partial charge in [-0.15, -0.1) is 0 Å². The van der Waals surface area contributed by atoms with Crippen LogP contribution in [0.1, 0.15) is 6.42 Å². The van der Waals surface area contributed by atoms with Gasteiger partial charge in [0.1, 0.15) is 6.04 Å². The van der Waals surface area contributed by atoms with Crippen LogP contribution < -0.4 is 5.73 Å². The third-order valence-electron chi connectivity index (χ3n) is 0.941. The SMILES string of the molecule is NC(CC(=S)CO)C(=O)O. The fourth-order valence-electron chi connectivity index (χ4n) is 0.397. The lowest BCUT2D eigenvalue weighted by atomic mass is 10.2. The van der Waals surface area contributed by atoms with Crippen LogP contribution in [0, 0.1) is 0 Å². The van der Waals surface area contributed by atoms with Crippen molar-refractivity contribution < 1.29 is 15.0 Å². The fraction of sp³-hybridized carbons (Fsp3) is 0.600. The van der Waals surface area contributed by atoms with Crippen molar-refractivity contribution in [1.29, 1.82) is 0 Å². The van der Waals surface area contributed by atoms with Gasteiger partial charge in [0.2, 0.25) is 0 Å². The Morgan fingerprint density at radius 2 is 2.20 bits per heavy atom. The number of carbonyl (C=O) groups is 1. The highest BCUT2D eigenvalue weighted by Crippen LogP contribution is 1.91. The van der Waals surface area contributed by atoms with E-state index in [1.807, 2.05) is 0 Å². The van der Waals surface area contributed by atoms with Crippen LogP contribution in [0.4, 0.5) is 0 Å². The number of aliphatic carboxylic acids is 1. The van der Waals surface area contributed by atoms with Gasteiger partial charge in [0, 0.05) is 11.3 Å². The van der Waals surface area contributed by atoms with E-state index in [0.29, 0.717) is 0 Å². The van der Waals surface area contributed by atoms with Gasteiger partial charge in [-0.2, -0.15) is 0 Å². The highest BCUT2D eigenvalue weighted by molar-refractivity contribution is 7.80. The van der Waals surface area contributed by atoms with E-state index in [1.54, 1.807) is 0 Å². The van der Waals surface area contributed by atoms with E-state index < -0.39 is 12.0 Å². The predicted octanol–water partition coefficient (Wildman–Crippen LogP) is -0.849. The Balaban J connectivity index is 3.68. The van der Waals surface area contributed by atoms with Gasteiger partial charge in [-0.25, -0.2) is 0 Å².